The van der Waals surface area contributed by atoms with E-state index in [4.69, 9.17) is 22.6 Å². The Kier molecular flexibility index (Phi) is 44.6. The second-order valence-electron chi connectivity index (χ2n) is 34.2. The Bertz CT molecular complexity index is 4950. The van der Waals surface area contributed by atoms with Crippen LogP contribution in [-0.2, 0) is 118 Å². The number of carbonyl (C=O) groups is 18. The summed E-state index contributed by atoms with van der Waals surface area (Å²) in [5.41, 5.74) is 18.1. The van der Waals surface area contributed by atoms with Gasteiger partial charge in [0.1, 0.15) is 102 Å². The maximum Gasteiger partial charge on any atom is 0.303 e. The Morgan fingerprint density at radius 2 is 0.801 bits per heavy atom. The number of aromatic nitrogens is 2. The first-order chi connectivity index (χ1) is 64.3. The summed E-state index contributed by atoms with van der Waals surface area (Å²) in [5, 5.41) is 100. The molecule has 6 rings (SSSR count). The molecule has 1 saturated heterocycles. The number of aliphatic carboxylic acids is 1. The van der Waals surface area contributed by atoms with Crippen LogP contribution in [0.5, 0.6) is 23.0 Å². The standard InChI is InChI=1S/C90H126N22O23S/c1-9-49(8)76-89(135)109-62(33-46(2)3)82(128)105-64(35-50-12-20-55(113)21-13-50)77(123)98-42-72(119)100-60(29-31-74(121)122)79(125)104-63(34-47(4)5)87(133)111-75(48(6)7)88(134)110-69(78(124)97-41-71(92)118)43-136-44-73(120)101-65(36-51-14-22-56(114)23-15-51)83(129)108-68(39-54-40-95-45-99-54)86(132)103-61(28-30-70(91)117)80(126)106-67(38-53-18-26-58(116)27-19-53)85(131)107-66(37-52-16-24-57(115)25-17-52)84(130)102-59(81(127)112-76)11-10-32-96-90(93)94/h12-27,40,45-49,59-69,75-76,113-116H,9-11,28-39,41-44H2,1-8H3,(H2,91,117)(H2,92,118)(H,95,99)(H,97,124)(H,98,123)(H,100,119)(H,101,120)(H,102,130)(H,103,132)(H,104,125)(H,105,128)(H,106,126)(H,107,131)(H,108,129)(H,109,135)(H,110,134)(H,111,133)(H,112,127)(H,121,122)(H4,93,94,96)/t49-,59-,60-,61-,62-,63-,64-,65-,66-,67-,68-,69-,75-,76-/m0/s1. The van der Waals surface area contributed by atoms with E-state index >= 15 is 33.6 Å². The smallest absolute Gasteiger partial charge is 0.303 e. The van der Waals surface area contributed by atoms with E-state index in [-0.39, 0.29) is 91.7 Å². The van der Waals surface area contributed by atoms with E-state index in [2.05, 4.69) is 95.0 Å². The average Bonchev–Trinajstić information content (AvgIpc) is 0.995. The lowest BCUT2D eigenvalue weighted by atomic mass is 9.95. The van der Waals surface area contributed by atoms with E-state index in [1.54, 1.807) is 41.5 Å². The number of phenolic OH excluding ortho intramolecular Hbond substituents is 4. The third-order valence-corrected chi connectivity index (χ3v) is 22.7. The molecule has 0 unspecified atom stereocenters. The molecule has 0 spiro atoms. The van der Waals surface area contributed by atoms with E-state index in [1.165, 1.54) is 123 Å². The topological polar surface area (TPSA) is 731 Å². The number of thioether (sulfide) groups is 1. The minimum atomic E-state index is -1.83. The Balaban J connectivity index is 1.50. The lowest BCUT2D eigenvalue weighted by molar-refractivity contribution is -0.138. The first-order valence-electron chi connectivity index (χ1n) is 44.4. The van der Waals surface area contributed by atoms with Crippen molar-refractivity contribution in [2.45, 2.75) is 224 Å². The molecule has 1 aliphatic rings. The van der Waals surface area contributed by atoms with Gasteiger partial charge in [-0.15, -0.1) is 11.8 Å². The minimum absolute atomic E-state index is 0.0150. The van der Waals surface area contributed by atoms with E-state index < -0.39 is 278 Å². The predicted molar refractivity (Wildman–Crippen MR) is 495 cm³/mol. The molecule has 5 aromatic rings. The van der Waals surface area contributed by atoms with Crippen LogP contribution in [0.25, 0.3) is 0 Å². The number of primary amides is 2. The molecule has 4 aromatic carbocycles. The number of carboxylic acid groups (broad SMARTS) is 1. The molecule has 1 aliphatic heterocycles. The summed E-state index contributed by atoms with van der Waals surface area (Å²) in [7, 11) is 0. The van der Waals surface area contributed by atoms with Gasteiger partial charge in [0.25, 0.3) is 0 Å². The maximum absolute atomic E-state index is 15.4. The van der Waals surface area contributed by atoms with Crippen LogP contribution >= 0.6 is 11.8 Å². The quantitative estimate of drug-likeness (QED) is 0.0122. The molecule has 14 atom stereocenters. The summed E-state index contributed by atoms with van der Waals surface area (Å²) in [4.78, 5) is 266. The summed E-state index contributed by atoms with van der Waals surface area (Å²) in [6.07, 6.45) is -2.26. The monoisotopic (exact) mass is 1910 g/mol. The Labute approximate surface area is 789 Å². The highest BCUT2D eigenvalue weighted by molar-refractivity contribution is 8.00. The average molecular weight is 1920 g/mol. The highest BCUT2D eigenvalue weighted by atomic mass is 32.2. The second kappa shape index (κ2) is 55.1. The van der Waals surface area contributed by atoms with Crippen molar-refractivity contribution in [3.63, 3.8) is 0 Å². The van der Waals surface area contributed by atoms with Crippen molar-refractivity contribution in [3.05, 3.63) is 138 Å². The normalized spacial score (nSPS) is 22.5. The number of hydrogen-bond donors (Lipinski definition) is 26. The largest absolute Gasteiger partial charge is 0.508 e. The van der Waals surface area contributed by atoms with Gasteiger partial charge in [-0.1, -0.05) is 110 Å². The summed E-state index contributed by atoms with van der Waals surface area (Å²) in [6.45, 7) is 11.4. The van der Waals surface area contributed by atoms with Gasteiger partial charge in [-0.25, -0.2) is 4.98 Å². The third-order valence-electron chi connectivity index (χ3n) is 21.6. The van der Waals surface area contributed by atoms with Crippen molar-refractivity contribution in [1.29, 1.82) is 5.41 Å². The Hall–Kier alpha value is -14.6. The van der Waals surface area contributed by atoms with Gasteiger partial charge < -0.3 is 133 Å². The molecule has 46 heteroatoms. The summed E-state index contributed by atoms with van der Waals surface area (Å²) in [5.74, 6) is -23.7. The number of nitrogens with one attached hydrogen (secondary N) is 18. The number of hydrogen-bond acceptors (Lipinski definition) is 25. The number of aromatic hydroxyl groups is 4. The number of H-pyrrole nitrogens is 1. The first-order valence-corrected chi connectivity index (χ1v) is 45.5. The molecule has 740 valence electrons. The molecule has 1 fully saturated rings. The second-order valence-corrected chi connectivity index (χ2v) is 35.3. The van der Waals surface area contributed by atoms with Crippen LogP contribution in [0, 0.1) is 29.1 Å². The molecule has 136 heavy (non-hydrogen) atoms. The number of nitrogens with zero attached hydrogens (tertiary/aromatic N) is 1. The molecule has 1 aromatic heterocycles. The molecule has 0 radical (unpaired) electrons. The lowest BCUT2D eigenvalue weighted by Gasteiger charge is -2.30. The van der Waals surface area contributed by atoms with Gasteiger partial charge in [-0.3, -0.25) is 91.7 Å². The van der Waals surface area contributed by atoms with Gasteiger partial charge >= 0.3 is 5.97 Å². The van der Waals surface area contributed by atoms with Crippen molar-refractivity contribution in [2.75, 3.05) is 31.1 Å². The molecule has 0 saturated carbocycles. The van der Waals surface area contributed by atoms with E-state index in [0.29, 0.717) is 28.5 Å². The summed E-state index contributed by atoms with van der Waals surface area (Å²) >= 11 is 0.716. The van der Waals surface area contributed by atoms with Crippen molar-refractivity contribution < 1.29 is 112 Å². The molecule has 2 heterocycles. The van der Waals surface area contributed by atoms with Crippen molar-refractivity contribution in [2.24, 2.45) is 40.9 Å². The number of aromatic amines is 1. The van der Waals surface area contributed by atoms with Crippen molar-refractivity contribution in [1.82, 2.24) is 95.0 Å². The van der Waals surface area contributed by atoms with Gasteiger partial charge in [0.2, 0.25) is 100 Å². The molecule has 45 nitrogen and oxygen atoms in total. The first kappa shape index (κ1) is 110. The number of imidazole rings is 1. The zero-order chi connectivity index (χ0) is 101. The number of rotatable bonds is 30. The molecule has 0 bridgehead atoms. The number of amides is 17. The third kappa shape index (κ3) is 38.9. The number of carbonyl (C=O) groups excluding carboxylic acids is 17. The van der Waals surface area contributed by atoms with Crippen LogP contribution in [0.2, 0.25) is 0 Å². The maximum atomic E-state index is 15.4. The summed E-state index contributed by atoms with van der Waals surface area (Å²) in [6, 6.07) is 0.131. The van der Waals surface area contributed by atoms with Crippen molar-refractivity contribution >= 4 is 124 Å². The Morgan fingerprint density at radius 3 is 1.22 bits per heavy atom. The lowest BCUT2D eigenvalue weighted by Crippen LogP contribution is -2.62. The number of guanidine groups is 1. The van der Waals surface area contributed by atoms with Gasteiger partial charge in [0.15, 0.2) is 5.96 Å². The fraction of sp³-hybridized carbons (Fsp3) is 0.489. The molecule has 0 aliphatic carbocycles. The highest BCUT2D eigenvalue weighted by Crippen LogP contribution is 2.21. The van der Waals surface area contributed by atoms with Gasteiger partial charge in [0.05, 0.1) is 30.9 Å². The number of benzene rings is 4. The molecule has 29 N–H and O–H groups in total. The number of carboxylic acids is 1. The van der Waals surface area contributed by atoms with Gasteiger partial charge in [-0.2, -0.15) is 0 Å². The number of nitrogens with two attached hydrogens (primary N) is 3. The fourth-order valence-electron chi connectivity index (χ4n) is 14.1. The van der Waals surface area contributed by atoms with Crippen LogP contribution < -0.4 is 102 Å². The van der Waals surface area contributed by atoms with E-state index in [9.17, 15) is 78.3 Å². The van der Waals surface area contributed by atoms with Crippen molar-refractivity contribution in [3.8, 4) is 23.0 Å². The zero-order valence-corrected chi connectivity index (χ0v) is 77.6. The number of phenols is 4. The SMILES string of the molecule is CC[C@H](C)[C@@H]1NC(=O)[C@H](CCCNC(=N)N)NC(=O)[C@H](Cc2ccc(O)cc2)NC(=O)[C@H](Cc2ccc(O)cc2)NC(=O)[C@H](CCC(N)=O)NC(=O)[C@H](Cc2c[nH]cn2)NC(=O)[C@H](Cc2ccc(O)cc2)NC(=O)CSC[C@@H](C(=O)NCC(N)=O)NC(=O)[C@H](C(C)C)NC(=O)[C@H](CC(C)C)NC(=O)[C@H](CCC(=O)O)NC(=O)CNC(=O)[C@H](Cc2ccc(O)cc2)NC(=O)[C@H](CC(C)C)NC1=O. The van der Waals surface area contributed by atoms with E-state index in [0.717, 1.165) is 0 Å². The summed E-state index contributed by atoms with van der Waals surface area (Å²) < 4.78 is 0. The fourth-order valence-corrected chi connectivity index (χ4v) is 15.0. The van der Waals surface area contributed by atoms with Crippen LogP contribution in [0.3, 0.4) is 0 Å². The zero-order valence-electron chi connectivity index (χ0n) is 76.8. The van der Waals surface area contributed by atoms with Gasteiger partial charge in [-0.05, 0) is 133 Å². The van der Waals surface area contributed by atoms with E-state index in [1.807, 2.05) is 0 Å². The van der Waals surface area contributed by atoms with Gasteiger partial charge in [0, 0.05) is 63.4 Å². The Morgan fingerprint density at radius 1 is 0.434 bits per heavy atom. The van der Waals surface area contributed by atoms with Crippen LogP contribution in [0.4, 0.5) is 0 Å². The van der Waals surface area contributed by atoms with Crippen LogP contribution in [0.1, 0.15) is 141 Å². The molecular weight excluding hydrogens is 1790 g/mol. The molecule has 17 amide bonds. The van der Waals surface area contributed by atoms with Crippen LogP contribution in [-0.4, -0.2) is 258 Å². The molecular formula is C90H126N22O23S. The predicted octanol–water partition coefficient (Wildman–Crippen LogP) is -3.30. The highest BCUT2D eigenvalue weighted by Gasteiger charge is 2.40. The van der Waals surface area contributed by atoms with Crippen LogP contribution in [0.15, 0.2) is 110 Å². The minimum Gasteiger partial charge on any atom is -0.508 e.